The highest BCUT2D eigenvalue weighted by Crippen LogP contribution is 2.26. The maximum absolute atomic E-state index is 6.13. The SMILES string of the molecule is Cc1cnc2c(c1)nc(N)n2N1C(C)CCCC1C. The smallest absolute Gasteiger partial charge is 0.222 e. The third-order valence-corrected chi connectivity index (χ3v) is 4.01. The second-order valence-electron chi connectivity index (χ2n) is 5.65. The second kappa shape index (κ2) is 4.40. The fourth-order valence-electron chi connectivity index (χ4n) is 3.10. The van der Waals surface area contributed by atoms with E-state index in [1.807, 2.05) is 23.9 Å². The lowest BCUT2D eigenvalue weighted by atomic mass is 10.00. The van der Waals surface area contributed by atoms with Gasteiger partial charge in [-0.15, -0.1) is 0 Å². The Morgan fingerprint density at radius 1 is 1.26 bits per heavy atom. The van der Waals surface area contributed by atoms with Crippen molar-refractivity contribution < 1.29 is 0 Å². The number of fused-ring (bicyclic) bond motifs is 1. The van der Waals surface area contributed by atoms with Gasteiger partial charge >= 0.3 is 0 Å². The van der Waals surface area contributed by atoms with Crippen molar-refractivity contribution in [1.29, 1.82) is 0 Å². The Hall–Kier alpha value is -1.78. The highest BCUT2D eigenvalue weighted by molar-refractivity contribution is 5.75. The fraction of sp³-hybridized carbons (Fsp3) is 0.571. The van der Waals surface area contributed by atoms with Crippen LogP contribution < -0.4 is 10.7 Å². The highest BCUT2D eigenvalue weighted by Gasteiger charge is 2.28. The summed E-state index contributed by atoms with van der Waals surface area (Å²) in [6.07, 6.45) is 5.53. The molecule has 1 fully saturated rings. The lowest BCUT2D eigenvalue weighted by molar-refractivity contribution is 0.342. The molecule has 102 valence electrons. The first-order chi connectivity index (χ1) is 9.08. The predicted octanol–water partition coefficient (Wildman–Crippen LogP) is 2.22. The molecule has 2 unspecified atom stereocenters. The Morgan fingerprint density at radius 3 is 2.63 bits per heavy atom. The number of hydrogen-bond acceptors (Lipinski definition) is 4. The Balaban J connectivity index is 2.15. The number of aromatic nitrogens is 3. The molecule has 2 atom stereocenters. The molecule has 3 rings (SSSR count). The maximum Gasteiger partial charge on any atom is 0.222 e. The van der Waals surface area contributed by atoms with Crippen molar-refractivity contribution in [3.8, 4) is 0 Å². The van der Waals surface area contributed by atoms with Gasteiger partial charge in [0.1, 0.15) is 5.52 Å². The highest BCUT2D eigenvalue weighted by atomic mass is 15.6. The average Bonchev–Trinajstić information content (AvgIpc) is 2.65. The van der Waals surface area contributed by atoms with Crippen LogP contribution in [0.5, 0.6) is 0 Å². The zero-order valence-corrected chi connectivity index (χ0v) is 11.8. The molecule has 2 aromatic heterocycles. The van der Waals surface area contributed by atoms with E-state index in [4.69, 9.17) is 5.73 Å². The van der Waals surface area contributed by atoms with Crippen molar-refractivity contribution in [1.82, 2.24) is 14.6 Å². The predicted molar refractivity (Wildman–Crippen MR) is 77.7 cm³/mol. The van der Waals surface area contributed by atoms with Crippen LogP contribution in [0, 0.1) is 6.92 Å². The summed E-state index contributed by atoms with van der Waals surface area (Å²) in [4.78, 5) is 8.98. The Bertz CT molecular complexity index is 593. The van der Waals surface area contributed by atoms with Crippen LogP contribution in [0.2, 0.25) is 0 Å². The third-order valence-electron chi connectivity index (χ3n) is 4.01. The molecule has 0 radical (unpaired) electrons. The fourth-order valence-corrected chi connectivity index (χ4v) is 3.10. The number of hydrogen-bond donors (Lipinski definition) is 1. The van der Waals surface area contributed by atoms with E-state index in [0.717, 1.165) is 16.7 Å². The number of piperidine rings is 1. The van der Waals surface area contributed by atoms with Crippen LogP contribution in [-0.4, -0.2) is 26.7 Å². The van der Waals surface area contributed by atoms with E-state index in [2.05, 4.69) is 28.8 Å². The summed E-state index contributed by atoms with van der Waals surface area (Å²) in [5.74, 6) is 0.536. The van der Waals surface area contributed by atoms with E-state index in [9.17, 15) is 0 Å². The van der Waals surface area contributed by atoms with Crippen molar-refractivity contribution in [2.75, 3.05) is 10.7 Å². The Labute approximate surface area is 113 Å². The molecule has 0 amide bonds. The topological polar surface area (TPSA) is 60.0 Å². The van der Waals surface area contributed by atoms with Gasteiger partial charge in [0.25, 0.3) is 0 Å². The van der Waals surface area contributed by atoms with Crippen molar-refractivity contribution in [3.05, 3.63) is 17.8 Å². The summed E-state index contributed by atoms with van der Waals surface area (Å²) in [5.41, 5.74) is 8.98. The molecule has 0 spiro atoms. The summed E-state index contributed by atoms with van der Waals surface area (Å²) < 4.78 is 2.00. The number of imidazole rings is 1. The van der Waals surface area contributed by atoms with Gasteiger partial charge in [-0.25, -0.2) is 14.6 Å². The number of rotatable bonds is 1. The van der Waals surface area contributed by atoms with E-state index in [1.165, 1.54) is 19.3 Å². The van der Waals surface area contributed by atoms with Crippen LogP contribution in [0.1, 0.15) is 38.7 Å². The third kappa shape index (κ3) is 1.93. The molecule has 0 saturated carbocycles. The molecular formula is C14H21N5. The molecule has 0 aliphatic carbocycles. The summed E-state index contributed by atoms with van der Waals surface area (Å²) in [7, 11) is 0. The lowest BCUT2D eigenvalue weighted by Crippen LogP contribution is -2.51. The van der Waals surface area contributed by atoms with Crippen molar-refractivity contribution >= 4 is 17.1 Å². The standard InChI is InChI=1S/C14H21N5/c1-9-7-12-13(16-8-9)19(14(15)17-12)18-10(2)5-4-6-11(18)3/h7-8,10-11H,4-6H2,1-3H3,(H2,15,17). The summed E-state index contributed by atoms with van der Waals surface area (Å²) >= 11 is 0. The van der Waals surface area contributed by atoms with Crippen LogP contribution in [0.15, 0.2) is 12.3 Å². The summed E-state index contributed by atoms with van der Waals surface area (Å²) in [6, 6.07) is 2.96. The lowest BCUT2D eigenvalue weighted by Gasteiger charge is -2.41. The maximum atomic E-state index is 6.13. The van der Waals surface area contributed by atoms with Crippen LogP contribution in [-0.2, 0) is 0 Å². The minimum absolute atomic E-state index is 0.464. The van der Waals surface area contributed by atoms with E-state index >= 15 is 0 Å². The summed E-state index contributed by atoms with van der Waals surface area (Å²) in [5, 5.41) is 2.33. The van der Waals surface area contributed by atoms with Gasteiger partial charge < -0.3 is 10.7 Å². The number of pyridine rings is 1. The van der Waals surface area contributed by atoms with Crippen molar-refractivity contribution in [2.24, 2.45) is 0 Å². The van der Waals surface area contributed by atoms with Gasteiger partial charge in [-0.3, -0.25) is 0 Å². The molecule has 3 heterocycles. The van der Waals surface area contributed by atoms with E-state index in [-0.39, 0.29) is 0 Å². The largest absolute Gasteiger partial charge is 0.368 e. The Kier molecular flexibility index (Phi) is 2.84. The van der Waals surface area contributed by atoms with E-state index < -0.39 is 0 Å². The number of anilines is 1. The van der Waals surface area contributed by atoms with E-state index in [0.29, 0.717) is 18.0 Å². The molecule has 5 heteroatoms. The normalized spacial score (nSPS) is 24.1. The number of nitrogen functional groups attached to an aromatic ring is 1. The van der Waals surface area contributed by atoms with Gasteiger partial charge in [0.2, 0.25) is 5.95 Å². The van der Waals surface area contributed by atoms with Gasteiger partial charge in [-0.2, -0.15) is 0 Å². The molecule has 1 saturated heterocycles. The number of aryl methyl sites for hydroxylation is 1. The van der Waals surface area contributed by atoms with Crippen molar-refractivity contribution in [3.63, 3.8) is 0 Å². The minimum atomic E-state index is 0.464. The van der Waals surface area contributed by atoms with Gasteiger partial charge in [0.15, 0.2) is 5.65 Å². The molecule has 0 aromatic carbocycles. The first-order valence-corrected chi connectivity index (χ1v) is 6.97. The number of nitrogens with two attached hydrogens (primary N) is 1. The van der Waals surface area contributed by atoms with Crippen LogP contribution in [0.4, 0.5) is 5.95 Å². The van der Waals surface area contributed by atoms with E-state index in [1.54, 1.807) is 0 Å². The average molecular weight is 259 g/mol. The van der Waals surface area contributed by atoms with Gasteiger partial charge in [0.05, 0.1) is 0 Å². The molecule has 19 heavy (non-hydrogen) atoms. The molecule has 2 N–H and O–H groups in total. The van der Waals surface area contributed by atoms with Crippen LogP contribution >= 0.6 is 0 Å². The van der Waals surface area contributed by atoms with Crippen LogP contribution in [0.25, 0.3) is 11.2 Å². The van der Waals surface area contributed by atoms with Gasteiger partial charge in [0, 0.05) is 18.3 Å². The first-order valence-electron chi connectivity index (χ1n) is 6.97. The summed E-state index contributed by atoms with van der Waals surface area (Å²) in [6.45, 7) is 6.51. The zero-order valence-electron chi connectivity index (χ0n) is 11.8. The minimum Gasteiger partial charge on any atom is -0.368 e. The first kappa shape index (κ1) is 12.3. The van der Waals surface area contributed by atoms with Gasteiger partial charge in [-0.05, 0) is 51.7 Å². The molecular weight excluding hydrogens is 238 g/mol. The number of nitrogens with zero attached hydrogens (tertiary/aromatic N) is 4. The zero-order chi connectivity index (χ0) is 13.6. The van der Waals surface area contributed by atoms with Crippen molar-refractivity contribution in [2.45, 2.75) is 52.1 Å². The quantitative estimate of drug-likeness (QED) is 0.853. The molecule has 2 aromatic rings. The monoisotopic (exact) mass is 259 g/mol. The molecule has 1 aliphatic rings. The molecule has 0 bridgehead atoms. The molecule has 5 nitrogen and oxygen atoms in total. The second-order valence-corrected chi connectivity index (χ2v) is 5.65. The van der Waals surface area contributed by atoms with Crippen LogP contribution in [0.3, 0.4) is 0 Å². The van der Waals surface area contributed by atoms with Gasteiger partial charge in [-0.1, -0.05) is 0 Å². The molecule has 1 aliphatic heterocycles. The Morgan fingerprint density at radius 2 is 1.95 bits per heavy atom.